The van der Waals surface area contributed by atoms with E-state index in [-0.39, 0.29) is 16.9 Å². The van der Waals surface area contributed by atoms with Crippen molar-refractivity contribution in [1.29, 1.82) is 0 Å². The van der Waals surface area contributed by atoms with E-state index in [0.717, 1.165) is 11.2 Å². The van der Waals surface area contributed by atoms with Gasteiger partial charge >= 0.3 is 12.2 Å². The van der Waals surface area contributed by atoms with Crippen molar-refractivity contribution in [2.45, 2.75) is 38.4 Å². The van der Waals surface area contributed by atoms with Crippen LogP contribution in [-0.2, 0) is 5.41 Å². The number of nitrogens with one attached hydrogen (secondary N) is 3. The van der Waals surface area contributed by atoms with Gasteiger partial charge in [-0.15, -0.1) is 0 Å². The second kappa shape index (κ2) is 8.54. The number of hydrazine groups is 1. The van der Waals surface area contributed by atoms with Crippen LogP contribution in [0, 0.1) is 0 Å². The zero-order valence-electron chi connectivity index (χ0n) is 17.7. The van der Waals surface area contributed by atoms with Crippen molar-refractivity contribution in [3.05, 3.63) is 47.9 Å². The van der Waals surface area contributed by atoms with Gasteiger partial charge in [-0.25, -0.2) is 10.2 Å². The fraction of sp³-hybridized carbons (Fsp3) is 0.350. The number of alkyl halides is 3. The Balaban J connectivity index is 1.64. The second-order valence-corrected chi connectivity index (χ2v) is 8.17. The zero-order chi connectivity index (χ0) is 23.7. The second-order valence-electron chi connectivity index (χ2n) is 8.17. The lowest BCUT2D eigenvalue weighted by Gasteiger charge is -2.22. The SMILES string of the molecule is CN1C=C(C([O-])=Nc2ccc(NC(=O)Nc3cc(C(C)(C)C)on3)cc2)C(C(F)(F)F)N1. The highest BCUT2D eigenvalue weighted by Crippen LogP contribution is 2.30. The summed E-state index contributed by atoms with van der Waals surface area (Å²) in [5.74, 6) is -0.162. The third kappa shape index (κ3) is 5.58. The van der Waals surface area contributed by atoms with Crippen molar-refractivity contribution in [1.82, 2.24) is 15.6 Å². The van der Waals surface area contributed by atoms with E-state index >= 15 is 0 Å². The van der Waals surface area contributed by atoms with E-state index in [9.17, 15) is 23.1 Å². The molecule has 0 saturated heterocycles. The molecule has 1 unspecified atom stereocenters. The Labute approximate surface area is 182 Å². The first-order valence-electron chi connectivity index (χ1n) is 9.52. The van der Waals surface area contributed by atoms with Crippen molar-refractivity contribution in [3.8, 4) is 0 Å². The summed E-state index contributed by atoms with van der Waals surface area (Å²) in [4.78, 5) is 15.9. The van der Waals surface area contributed by atoms with Crippen LogP contribution in [0.4, 0.5) is 35.2 Å². The first kappa shape index (κ1) is 23.1. The predicted molar refractivity (Wildman–Crippen MR) is 110 cm³/mol. The number of aliphatic imine (C=N–C) groups is 1. The molecule has 0 saturated carbocycles. The van der Waals surface area contributed by atoms with Crippen LogP contribution in [-0.4, -0.2) is 41.4 Å². The number of rotatable bonds is 4. The predicted octanol–water partition coefficient (Wildman–Crippen LogP) is 3.27. The van der Waals surface area contributed by atoms with E-state index in [2.05, 4.69) is 26.2 Å². The van der Waals surface area contributed by atoms with E-state index in [1.807, 2.05) is 20.8 Å². The number of halogens is 3. The van der Waals surface area contributed by atoms with Crippen molar-refractivity contribution < 1.29 is 27.6 Å². The van der Waals surface area contributed by atoms with Gasteiger partial charge in [0.2, 0.25) is 0 Å². The first-order chi connectivity index (χ1) is 14.8. The number of anilines is 2. The maximum atomic E-state index is 13.1. The molecule has 1 aliphatic rings. The summed E-state index contributed by atoms with van der Waals surface area (Å²) < 4.78 is 44.5. The molecule has 172 valence electrons. The molecule has 2 aromatic rings. The summed E-state index contributed by atoms with van der Waals surface area (Å²) in [5, 5.41) is 22.2. The van der Waals surface area contributed by atoms with E-state index in [1.165, 1.54) is 31.3 Å². The molecule has 0 aliphatic carbocycles. The summed E-state index contributed by atoms with van der Waals surface area (Å²) in [6, 6.07) is 4.65. The van der Waals surface area contributed by atoms with Gasteiger partial charge in [0, 0.05) is 36.0 Å². The fourth-order valence-electron chi connectivity index (χ4n) is 2.79. The first-order valence-corrected chi connectivity index (χ1v) is 9.52. The van der Waals surface area contributed by atoms with Crippen molar-refractivity contribution in [3.63, 3.8) is 0 Å². The van der Waals surface area contributed by atoms with Gasteiger partial charge in [0.05, 0.1) is 5.69 Å². The fourth-order valence-corrected chi connectivity index (χ4v) is 2.79. The molecule has 0 bridgehead atoms. The number of carbonyl (C=O) groups excluding carboxylic acids is 1. The topological polar surface area (TPSA) is 118 Å². The molecule has 2 heterocycles. The Hall–Kier alpha value is -3.54. The summed E-state index contributed by atoms with van der Waals surface area (Å²) in [5.41, 5.74) is 1.89. The molecule has 9 nitrogen and oxygen atoms in total. The Morgan fingerprint density at radius 3 is 2.44 bits per heavy atom. The van der Waals surface area contributed by atoms with Crippen LogP contribution in [0.1, 0.15) is 26.5 Å². The molecular formula is C20H22F3N6O3-. The maximum Gasteiger partial charge on any atom is 0.409 e. The minimum absolute atomic E-state index is 0.142. The lowest BCUT2D eigenvalue weighted by molar-refractivity contribution is -0.216. The number of hydrogen-bond donors (Lipinski definition) is 3. The van der Waals surface area contributed by atoms with Crippen molar-refractivity contribution in [2.75, 3.05) is 17.7 Å². The Morgan fingerprint density at radius 2 is 1.88 bits per heavy atom. The molecule has 0 spiro atoms. The van der Waals surface area contributed by atoms with E-state index in [1.54, 1.807) is 6.07 Å². The van der Waals surface area contributed by atoms with Gasteiger partial charge in [0.1, 0.15) is 11.8 Å². The highest BCUT2D eigenvalue weighted by Gasteiger charge is 2.45. The summed E-state index contributed by atoms with van der Waals surface area (Å²) in [6.45, 7) is 5.82. The molecule has 3 rings (SSSR count). The number of hydrogen-bond acceptors (Lipinski definition) is 7. The summed E-state index contributed by atoms with van der Waals surface area (Å²) >= 11 is 0. The monoisotopic (exact) mass is 451 g/mol. The molecule has 3 N–H and O–H groups in total. The van der Waals surface area contributed by atoms with Crippen LogP contribution in [0.3, 0.4) is 0 Å². The average Bonchev–Trinajstić information content (AvgIpc) is 3.29. The third-order valence-electron chi connectivity index (χ3n) is 4.40. The van der Waals surface area contributed by atoms with Crippen molar-refractivity contribution in [2.24, 2.45) is 4.99 Å². The largest absolute Gasteiger partial charge is 0.858 e. The zero-order valence-corrected chi connectivity index (χ0v) is 17.7. The minimum Gasteiger partial charge on any atom is -0.858 e. The third-order valence-corrected chi connectivity index (χ3v) is 4.40. The minimum atomic E-state index is -4.64. The summed E-state index contributed by atoms with van der Waals surface area (Å²) in [6.07, 6.45) is -3.58. The van der Waals surface area contributed by atoms with Crippen LogP contribution >= 0.6 is 0 Å². The van der Waals surface area contributed by atoms with Gasteiger partial charge in [-0.3, -0.25) is 10.3 Å². The molecule has 12 heteroatoms. The van der Waals surface area contributed by atoms with Crippen LogP contribution in [0.5, 0.6) is 0 Å². The molecular weight excluding hydrogens is 429 g/mol. The normalized spacial score (nSPS) is 17.3. The smallest absolute Gasteiger partial charge is 0.409 e. The number of nitrogens with zero attached hydrogens (tertiary/aromatic N) is 3. The highest BCUT2D eigenvalue weighted by molar-refractivity contribution is 5.99. The van der Waals surface area contributed by atoms with Gasteiger partial charge in [-0.05, 0) is 30.2 Å². The van der Waals surface area contributed by atoms with Gasteiger partial charge in [-0.1, -0.05) is 25.9 Å². The van der Waals surface area contributed by atoms with Gasteiger partial charge < -0.3 is 20.0 Å². The molecule has 1 aromatic heterocycles. The number of amides is 2. The molecule has 1 aromatic carbocycles. The van der Waals surface area contributed by atoms with Gasteiger partial charge in [-0.2, -0.15) is 13.2 Å². The van der Waals surface area contributed by atoms with Crippen LogP contribution in [0.2, 0.25) is 0 Å². The Bertz CT molecular complexity index is 1040. The lowest BCUT2D eigenvalue weighted by Crippen LogP contribution is -2.46. The van der Waals surface area contributed by atoms with E-state index < -0.39 is 29.7 Å². The maximum absolute atomic E-state index is 13.1. The van der Waals surface area contributed by atoms with Crippen LogP contribution < -0.4 is 21.2 Å². The van der Waals surface area contributed by atoms with Gasteiger partial charge in [0.15, 0.2) is 5.82 Å². The molecule has 2 amide bonds. The standard InChI is InChI=1S/C20H23F3N6O3/c1-19(2,3)14-9-15(28-32-14)26-18(31)25-12-7-5-11(6-8-12)24-17(30)13-10-29(4)27-16(13)20(21,22)23/h5-10,16,27H,1-4H3,(H,24,30)(H2,25,26,28,31)/p-1. The summed E-state index contributed by atoms with van der Waals surface area (Å²) in [7, 11) is 1.35. The molecule has 32 heavy (non-hydrogen) atoms. The lowest BCUT2D eigenvalue weighted by atomic mass is 9.93. The Kier molecular flexibility index (Phi) is 6.17. The average molecular weight is 451 g/mol. The highest BCUT2D eigenvalue weighted by atomic mass is 19.4. The number of aromatic nitrogens is 1. The Morgan fingerprint density at radius 1 is 1.22 bits per heavy atom. The van der Waals surface area contributed by atoms with E-state index in [0.29, 0.717) is 11.4 Å². The molecule has 1 atom stereocenters. The number of benzene rings is 1. The number of carbonyl (C=O) groups is 1. The molecule has 0 fully saturated rings. The quantitative estimate of drug-likeness (QED) is 0.485. The van der Waals surface area contributed by atoms with Crippen LogP contribution in [0.25, 0.3) is 0 Å². The molecule has 0 radical (unpaired) electrons. The molecule has 1 aliphatic heterocycles. The number of urea groups is 1. The van der Waals surface area contributed by atoms with E-state index in [4.69, 9.17) is 4.52 Å². The van der Waals surface area contributed by atoms with Crippen LogP contribution in [0.15, 0.2) is 51.6 Å². The van der Waals surface area contributed by atoms with Crippen molar-refractivity contribution >= 4 is 29.1 Å². The van der Waals surface area contributed by atoms with Gasteiger partial charge in [0.25, 0.3) is 0 Å².